The van der Waals surface area contributed by atoms with Gasteiger partial charge in [0.25, 0.3) is 5.91 Å². The molecule has 0 atom stereocenters. The summed E-state index contributed by atoms with van der Waals surface area (Å²) < 4.78 is 0. The number of hydrogen-bond donors (Lipinski definition) is 2. The fourth-order valence-corrected chi connectivity index (χ4v) is 2.34. The Morgan fingerprint density at radius 2 is 2.24 bits per heavy atom. The van der Waals surface area contributed by atoms with Gasteiger partial charge in [-0.15, -0.1) is 0 Å². The normalized spacial score (nSPS) is 13.5. The smallest absolute Gasteiger partial charge is 0.254 e. The topological polar surface area (TPSA) is 91.0 Å². The molecule has 3 rings (SSSR count). The van der Waals surface area contributed by atoms with Crippen molar-refractivity contribution in [3.63, 3.8) is 0 Å². The molecule has 7 heteroatoms. The van der Waals surface area contributed by atoms with Gasteiger partial charge in [-0.05, 0) is 30.2 Å². The molecule has 0 spiro atoms. The Kier molecular flexibility index (Phi) is 3.39. The number of aryl methyl sites for hydroxylation is 1. The predicted octanol–water partition coefficient (Wildman–Crippen LogP) is 0.962. The SMILES string of the molecule is CN(Cc1ncn[nH]1)C(=O)c1ccc2c(c1)CCC(=O)N2. The van der Waals surface area contributed by atoms with E-state index >= 15 is 0 Å². The van der Waals surface area contributed by atoms with Crippen molar-refractivity contribution in [3.8, 4) is 0 Å². The Hall–Kier alpha value is -2.70. The summed E-state index contributed by atoms with van der Waals surface area (Å²) in [5, 5.41) is 9.29. The van der Waals surface area contributed by atoms with Crippen LogP contribution in [0.3, 0.4) is 0 Å². The third kappa shape index (κ3) is 2.76. The van der Waals surface area contributed by atoms with Crippen molar-refractivity contribution in [1.29, 1.82) is 0 Å². The molecule has 0 saturated carbocycles. The molecule has 2 heterocycles. The second-order valence-corrected chi connectivity index (χ2v) is 5.01. The highest BCUT2D eigenvalue weighted by atomic mass is 16.2. The molecule has 1 aliphatic rings. The third-order valence-electron chi connectivity index (χ3n) is 3.45. The van der Waals surface area contributed by atoms with Crippen LogP contribution in [0, 0.1) is 0 Å². The van der Waals surface area contributed by atoms with Gasteiger partial charge in [0.15, 0.2) is 0 Å². The minimum Gasteiger partial charge on any atom is -0.334 e. The molecule has 1 aliphatic heterocycles. The summed E-state index contributed by atoms with van der Waals surface area (Å²) in [4.78, 5) is 29.3. The summed E-state index contributed by atoms with van der Waals surface area (Å²) in [5.41, 5.74) is 2.39. The molecule has 1 aromatic carbocycles. The molecule has 0 saturated heterocycles. The van der Waals surface area contributed by atoms with E-state index in [0.29, 0.717) is 30.8 Å². The Morgan fingerprint density at radius 3 is 3.00 bits per heavy atom. The highest BCUT2D eigenvalue weighted by Crippen LogP contribution is 2.24. The van der Waals surface area contributed by atoms with Gasteiger partial charge < -0.3 is 10.2 Å². The molecule has 1 aromatic heterocycles. The summed E-state index contributed by atoms with van der Waals surface area (Å²) in [6, 6.07) is 5.35. The number of rotatable bonds is 3. The van der Waals surface area contributed by atoms with E-state index in [1.807, 2.05) is 6.07 Å². The third-order valence-corrected chi connectivity index (χ3v) is 3.45. The minimum absolute atomic E-state index is 0.0176. The summed E-state index contributed by atoms with van der Waals surface area (Å²) in [6.07, 6.45) is 2.53. The molecule has 0 unspecified atom stereocenters. The van der Waals surface area contributed by atoms with Crippen molar-refractivity contribution >= 4 is 17.5 Å². The number of benzene rings is 1. The van der Waals surface area contributed by atoms with Crippen LogP contribution in [-0.2, 0) is 17.8 Å². The van der Waals surface area contributed by atoms with Gasteiger partial charge >= 0.3 is 0 Å². The zero-order valence-corrected chi connectivity index (χ0v) is 11.6. The van der Waals surface area contributed by atoms with Crippen LogP contribution in [0.1, 0.15) is 28.2 Å². The minimum atomic E-state index is -0.0916. The lowest BCUT2D eigenvalue weighted by molar-refractivity contribution is -0.116. The zero-order chi connectivity index (χ0) is 14.8. The maximum absolute atomic E-state index is 12.4. The van der Waals surface area contributed by atoms with Crippen molar-refractivity contribution in [2.45, 2.75) is 19.4 Å². The van der Waals surface area contributed by atoms with Crippen molar-refractivity contribution in [2.24, 2.45) is 0 Å². The lowest BCUT2D eigenvalue weighted by atomic mass is 10.00. The Morgan fingerprint density at radius 1 is 1.38 bits per heavy atom. The first-order chi connectivity index (χ1) is 10.1. The van der Waals surface area contributed by atoms with Crippen LogP contribution < -0.4 is 5.32 Å². The maximum Gasteiger partial charge on any atom is 0.254 e. The molecule has 2 amide bonds. The fraction of sp³-hybridized carbons (Fsp3) is 0.286. The van der Waals surface area contributed by atoms with E-state index in [4.69, 9.17) is 0 Å². The number of nitrogens with one attached hydrogen (secondary N) is 2. The van der Waals surface area contributed by atoms with Crippen molar-refractivity contribution < 1.29 is 9.59 Å². The number of fused-ring (bicyclic) bond motifs is 1. The number of carbonyl (C=O) groups excluding carboxylic acids is 2. The first-order valence-electron chi connectivity index (χ1n) is 6.66. The predicted molar refractivity (Wildman–Crippen MR) is 75.6 cm³/mol. The zero-order valence-electron chi connectivity index (χ0n) is 11.6. The van der Waals surface area contributed by atoms with Gasteiger partial charge in [0.1, 0.15) is 12.2 Å². The number of carbonyl (C=O) groups is 2. The number of amides is 2. The monoisotopic (exact) mass is 285 g/mol. The van der Waals surface area contributed by atoms with Crippen LogP contribution in [0.5, 0.6) is 0 Å². The van der Waals surface area contributed by atoms with Crippen LogP contribution in [0.15, 0.2) is 24.5 Å². The lowest BCUT2D eigenvalue weighted by Crippen LogP contribution is -2.27. The quantitative estimate of drug-likeness (QED) is 0.878. The van der Waals surface area contributed by atoms with Gasteiger partial charge in [-0.1, -0.05) is 0 Å². The number of aromatic amines is 1. The van der Waals surface area contributed by atoms with E-state index in [9.17, 15) is 9.59 Å². The van der Waals surface area contributed by atoms with Gasteiger partial charge in [-0.3, -0.25) is 14.7 Å². The molecule has 108 valence electrons. The molecule has 2 N–H and O–H groups in total. The van der Waals surface area contributed by atoms with Gasteiger partial charge in [-0.2, -0.15) is 5.10 Å². The average molecular weight is 285 g/mol. The van der Waals surface area contributed by atoms with Crippen LogP contribution in [0.2, 0.25) is 0 Å². The Bertz CT molecular complexity index is 681. The molecule has 0 bridgehead atoms. The molecule has 7 nitrogen and oxygen atoms in total. The summed E-state index contributed by atoms with van der Waals surface area (Å²) in [5.74, 6) is 0.561. The van der Waals surface area contributed by atoms with Crippen LogP contribution in [0.25, 0.3) is 0 Å². The average Bonchev–Trinajstić information content (AvgIpc) is 2.98. The Balaban J connectivity index is 1.77. The number of anilines is 1. The van der Waals surface area contributed by atoms with Crippen molar-refractivity contribution in [3.05, 3.63) is 41.5 Å². The number of hydrogen-bond acceptors (Lipinski definition) is 4. The summed E-state index contributed by atoms with van der Waals surface area (Å²) >= 11 is 0. The van der Waals surface area contributed by atoms with Crippen LogP contribution >= 0.6 is 0 Å². The maximum atomic E-state index is 12.4. The molecule has 2 aromatic rings. The van der Waals surface area contributed by atoms with E-state index in [1.165, 1.54) is 6.33 Å². The molecular weight excluding hydrogens is 270 g/mol. The van der Waals surface area contributed by atoms with E-state index in [2.05, 4.69) is 20.5 Å². The molecule has 0 aliphatic carbocycles. The van der Waals surface area contributed by atoms with Gasteiger partial charge in [0.05, 0.1) is 6.54 Å². The van der Waals surface area contributed by atoms with Crippen LogP contribution in [0.4, 0.5) is 5.69 Å². The van der Waals surface area contributed by atoms with E-state index in [0.717, 1.165) is 11.3 Å². The number of H-pyrrole nitrogens is 1. The van der Waals surface area contributed by atoms with E-state index in [-0.39, 0.29) is 11.8 Å². The van der Waals surface area contributed by atoms with Crippen molar-refractivity contribution in [2.75, 3.05) is 12.4 Å². The van der Waals surface area contributed by atoms with Gasteiger partial charge in [0.2, 0.25) is 5.91 Å². The molecule has 0 radical (unpaired) electrons. The highest BCUT2D eigenvalue weighted by Gasteiger charge is 2.18. The largest absolute Gasteiger partial charge is 0.334 e. The lowest BCUT2D eigenvalue weighted by Gasteiger charge is -2.19. The van der Waals surface area contributed by atoms with Crippen LogP contribution in [-0.4, -0.2) is 38.9 Å². The van der Waals surface area contributed by atoms with E-state index < -0.39 is 0 Å². The summed E-state index contributed by atoms with van der Waals surface area (Å²) in [7, 11) is 1.71. The standard InChI is InChI=1S/C14H15N5O2/c1-19(7-12-15-8-16-18-12)14(21)10-2-4-11-9(6-10)3-5-13(20)17-11/h2,4,6,8H,3,5,7H2,1H3,(H,17,20)(H,15,16,18). The highest BCUT2D eigenvalue weighted by molar-refractivity contribution is 5.97. The molecular formula is C14H15N5O2. The van der Waals surface area contributed by atoms with Gasteiger partial charge in [0, 0.05) is 24.7 Å². The Labute approximate surface area is 121 Å². The second kappa shape index (κ2) is 5.35. The first-order valence-corrected chi connectivity index (χ1v) is 6.66. The van der Waals surface area contributed by atoms with Crippen molar-refractivity contribution in [1.82, 2.24) is 20.1 Å². The van der Waals surface area contributed by atoms with Gasteiger partial charge in [-0.25, -0.2) is 4.98 Å². The number of nitrogens with zero attached hydrogens (tertiary/aromatic N) is 3. The fourth-order valence-electron chi connectivity index (χ4n) is 2.34. The number of aromatic nitrogens is 3. The summed E-state index contributed by atoms with van der Waals surface area (Å²) in [6.45, 7) is 0.368. The van der Waals surface area contributed by atoms with E-state index in [1.54, 1.807) is 24.1 Å². The first kappa shape index (κ1) is 13.3. The second-order valence-electron chi connectivity index (χ2n) is 5.01. The molecule has 21 heavy (non-hydrogen) atoms. The molecule has 0 fully saturated rings.